The summed E-state index contributed by atoms with van der Waals surface area (Å²) in [5.41, 5.74) is 2.64. The van der Waals surface area contributed by atoms with Crippen LogP contribution in [0.5, 0.6) is 5.75 Å². The molecule has 2 rings (SSSR count). The minimum absolute atomic E-state index is 0.686. The maximum absolute atomic E-state index is 10.7. The second-order valence-corrected chi connectivity index (χ2v) is 3.23. The van der Waals surface area contributed by atoms with E-state index in [9.17, 15) is 4.79 Å². The minimum Gasteiger partial charge on any atom is -0.496 e. The van der Waals surface area contributed by atoms with Gasteiger partial charge in [-0.15, -0.1) is 0 Å². The fraction of sp³-hybridized carbons (Fsp3) is 0.182. The van der Waals surface area contributed by atoms with Crippen LogP contribution in [0.2, 0.25) is 0 Å². The van der Waals surface area contributed by atoms with Crippen molar-refractivity contribution in [1.82, 2.24) is 4.98 Å². The van der Waals surface area contributed by atoms with E-state index in [2.05, 4.69) is 4.98 Å². The molecule has 0 aliphatic carbocycles. The number of hydrogen-bond acceptors (Lipinski definition) is 2. The van der Waals surface area contributed by atoms with Gasteiger partial charge in [0.1, 0.15) is 5.75 Å². The lowest BCUT2D eigenvalue weighted by Gasteiger charge is -2.04. The van der Waals surface area contributed by atoms with Crippen LogP contribution in [0, 0.1) is 6.92 Å². The van der Waals surface area contributed by atoms with Crippen LogP contribution in [0.4, 0.5) is 0 Å². The largest absolute Gasteiger partial charge is 0.496 e. The van der Waals surface area contributed by atoms with E-state index in [1.165, 1.54) is 0 Å². The van der Waals surface area contributed by atoms with Crippen molar-refractivity contribution in [2.75, 3.05) is 7.11 Å². The molecule has 72 valence electrons. The number of aromatic amines is 1. The van der Waals surface area contributed by atoms with E-state index in [-0.39, 0.29) is 0 Å². The molecule has 14 heavy (non-hydrogen) atoms. The van der Waals surface area contributed by atoms with Crippen LogP contribution in [-0.4, -0.2) is 18.4 Å². The van der Waals surface area contributed by atoms with Crippen LogP contribution in [0.15, 0.2) is 18.3 Å². The molecule has 0 saturated carbocycles. The third-order valence-corrected chi connectivity index (χ3v) is 2.36. The van der Waals surface area contributed by atoms with Crippen molar-refractivity contribution in [2.24, 2.45) is 0 Å². The summed E-state index contributed by atoms with van der Waals surface area (Å²) >= 11 is 0. The second-order valence-electron chi connectivity index (χ2n) is 3.23. The Balaban J connectivity index is 2.75. The van der Waals surface area contributed by atoms with Gasteiger partial charge in [0.05, 0.1) is 7.11 Å². The maximum atomic E-state index is 10.7. The van der Waals surface area contributed by atoms with Gasteiger partial charge in [0.25, 0.3) is 0 Å². The summed E-state index contributed by atoms with van der Waals surface area (Å²) in [6.45, 7) is 1.96. The first-order valence-corrected chi connectivity index (χ1v) is 4.37. The first-order valence-electron chi connectivity index (χ1n) is 4.37. The Hall–Kier alpha value is -1.77. The van der Waals surface area contributed by atoms with Gasteiger partial charge in [0.2, 0.25) is 0 Å². The first kappa shape index (κ1) is 8.81. The molecule has 1 N–H and O–H groups in total. The highest BCUT2D eigenvalue weighted by molar-refractivity contribution is 5.98. The number of carbonyl (C=O) groups is 1. The van der Waals surface area contributed by atoms with E-state index >= 15 is 0 Å². The van der Waals surface area contributed by atoms with E-state index in [1.54, 1.807) is 13.3 Å². The minimum atomic E-state index is 0.686. The van der Waals surface area contributed by atoms with Crippen LogP contribution >= 0.6 is 0 Å². The predicted molar refractivity (Wildman–Crippen MR) is 55.0 cm³/mol. The first-order chi connectivity index (χ1) is 6.76. The zero-order chi connectivity index (χ0) is 10.1. The molecule has 1 heterocycles. The Bertz CT molecular complexity index is 485. The van der Waals surface area contributed by atoms with Crippen molar-refractivity contribution in [2.45, 2.75) is 6.92 Å². The Morgan fingerprint density at radius 3 is 2.86 bits per heavy atom. The lowest BCUT2D eigenvalue weighted by molar-refractivity contribution is 0.112. The number of ether oxygens (including phenoxy) is 1. The fourth-order valence-electron chi connectivity index (χ4n) is 1.60. The average Bonchev–Trinajstić information content (AvgIpc) is 2.58. The van der Waals surface area contributed by atoms with Gasteiger partial charge in [0.15, 0.2) is 6.29 Å². The molecule has 1 aromatic heterocycles. The van der Waals surface area contributed by atoms with E-state index in [1.807, 2.05) is 19.1 Å². The lowest BCUT2D eigenvalue weighted by atomic mass is 10.1. The van der Waals surface area contributed by atoms with Gasteiger partial charge < -0.3 is 9.72 Å². The number of fused-ring (bicyclic) bond motifs is 1. The molecule has 0 radical (unpaired) electrons. The molecule has 0 amide bonds. The van der Waals surface area contributed by atoms with E-state index in [0.717, 1.165) is 28.5 Å². The number of carbonyl (C=O) groups excluding carboxylic acids is 1. The van der Waals surface area contributed by atoms with Crippen molar-refractivity contribution in [3.05, 3.63) is 29.5 Å². The Morgan fingerprint density at radius 2 is 2.21 bits per heavy atom. The molecular weight excluding hydrogens is 178 g/mol. The van der Waals surface area contributed by atoms with Crippen molar-refractivity contribution in [3.63, 3.8) is 0 Å². The molecule has 0 saturated heterocycles. The summed E-state index contributed by atoms with van der Waals surface area (Å²) in [7, 11) is 1.64. The fourth-order valence-corrected chi connectivity index (χ4v) is 1.60. The standard InChI is InChI=1S/C11H11NO2/c1-7-3-9-8(6-13)5-12-10(9)4-11(7)14-2/h3-6,12H,1-2H3. The van der Waals surface area contributed by atoms with Crippen LogP contribution < -0.4 is 4.74 Å². The Kier molecular flexibility index (Phi) is 2.00. The highest BCUT2D eigenvalue weighted by Gasteiger charge is 2.06. The van der Waals surface area contributed by atoms with Crippen LogP contribution in [0.3, 0.4) is 0 Å². The van der Waals surface area contributed by atoms with Crippen LogP contribution in [-0.2, 0) is 0 Å². The molecule has 2 aromatic rings. The van der Waals surface area contributed by atoms with Gasteiger partial charge in [0, 0.05) is 28.7 Å². The third kappa shape index (κ3) is 1.18. The van der Waals surface area contributed by atoms with Gasteiger partial charge >= 0.3 is 0 Å². The Labute approximate surface area is 81.7 Å². The van der Waals surface area contributed by atoms with Gasteiger partial charge in [-0.25, -0.2) is 0 Å². The number of rotatable bonds is 2. The molecule has 0 unspecified atom stereocenters. The van der Waals surface area contributed by atoms with Crippen molar-refractivity contribution < 1.29 is 9.53 Å². The van der Waals surface area contributed by atoms with E-state index < -0.39 is 0 Å². The number of methoxy groups -OCH3 is 1. The normalized spacial score (nSPS) is 10.4. The summed E-state index contributed by atoms with van der Waals surface area (Å²) < 4.78 is 5.19. The van der Waals surface area contributed by atoms with Crippen molar-refractivity contribution in [3.8, 4) is 5.75 Å². The molecule has 0 aliphatic rings. The number of aryl methyl sites for hydroxylation is 1. The van der Waals surface area contributed by atoms with Gasteiger partial charge in [-0.3, -0.25) is 4.79 Å². The Morgan fingerprint density at radius 1 is 1.43 bits per heavy atom. The quantitative estimate of drug-likeness (QED) is 0.736. The topological polar surface area (TPSA) is 42.1 Å². The smallest absolute Gasteiger partial charge is 0.152 e. The highest BCUT2D eigenvalue weighted by atomic mass is 16.5. The summed E-state index contributed by atoms with van der Waals surface area (Å²) in [4.78, 5) is 13.7. The number of nitrogens with one attached hydrogen (secondary N) is 1. The zero-order valence-electron chi connectivity index (χ0n) is 8.13. The van der Waals surface area contributed by atoms with E-state index in [0.29, 0.717) is 5.56 Å². The maximum Gasteiger partial charge on any atom is 0.152 e. The summed E-state index contributed by atoms with van der Waals surface area (Å²) in [5, 5.41) is 0.943. The third-order valence-electron chi connectivity index (χ3n) is 2.36. The number of aromatic nitrogens is 1. The average molecular weight is 189 g/mol. The molecule has 0 spiro atoms. The predicted octanol–water partition coefficient (Wildman–Crippen LogP) is 2.30. The molecule has 0 atom stereocenters. The van der Waals surface area contributed by atoms with Gasteiger partial charge in [-0.05, 0) is 18.6 Å². The van der Waals surface area contributed by atoms with Crippen LogP contribution in [0.1, 0.15) is 15.9 Å². The molecule has 0 fully saturated rings. The summed E-state index contributed by atoms with van der Waals surface area (Å²) in [5.74, 6) is 0.830. The molecule has 1 aromatic carbocycles. The van der Waals surface area contributed by atoms with Gasteiger partial charge in [-0.2, -0.15) is 0 Å². The SMILES string of the molecule is COc1cc2[nH]cc(C=O)c2cc1C. The molecule has 0 bridgehead atoms. The van der Waals surface area contributed by atoms with Gasteiger partial charge in [-0.1, -0.05) is 0 Å². The van der Waals surface area contributed by atoms with Crippen molar-refractivity contribution >= 4 is 17.2 Å². The molecule has 3 heteroatoms. The molecular formula is C11H11NO2. The second kappa shape index (κ2) is 3.18. The molecule has 0 aliphatic heterocycles. The number of benzene rings is 1. The monoisotopic (exact) mass is 189 g/mol. The summed E-state index contributed by atoms with van der Waals surface area (Å²) in [6, 6.07) is 3.85. The molecule has 3 nitrogen and oxygen atoms in total. The number of aldehydes is 1. The summed E-state index contributed by atoms with van der Waals surface area (Å²) in [6.07, 6.45) is 2.56. The van der Waals surface area contributed by atoms with Crippen molar-refractivity contribution in [1.29, 1.82) is 0 Å². The lowest BCUT2D eigenvalue weighted by Crippen LogP contribution is -1.87. The zero-order valence-corrected chi connectivity index (χ0v) is 8.13. The number of H-pyrrole nitrogens is 1. The number of hydrogen-bond donors (Lipinski definition) is 1. The van der Waals surface area contributed by atoms with E-state index in [4.69, 9.17) is 4.74 Å². The highest BCUT2D eigenvalue weighted by Crippen LogP contribution is 2.26. The van der Waals surface area contributed by atoms with Crippen LogP contribution in [0.25, 0.3) is 10.9 Å².